The Kier molecular flexibility index (Phi) is 10.7. The number of hydrogen-bond donors (Lipinski definition) is 1. The Bertz CT molecular complexity index is 885. The van der Waals surface area contributed by atoms with Crippen LogP contribution in [0.3, 0.4) is 0 Å². The maximum absolute atomic E-state index is 14.8. The number of benzene rings is 2. The first-order chi connectivity index (χ1) is 15.5. The van der Waals surface area contributed by atoms with E-state index in [1.165, 1.54) is 25.3 Å². The first-order valence-corrected chi connectivity index (χ1v) is 11.5. The van der Waals surface area contributed by atoms with Gasteiger partial charge < -0.3 is 10.1 Å². The molecule has 0 radical (unpaired) electrons. The van der Waals surface area contributed by atoms with E-state index in [1.807, 2.05) is 24.3 Å². The van der Waals surface area contributed by atoms with E-state index in [0.29, 0.717) is 36.4 Å². The number of carbonyl (C=O) groups is 2. The Morgan fingerprint density at radius 3 is 2.53 bits per heavy atom. The van der Waals surface area contributed by atoms with Gasteiger partial charge in [-0.25, -0.2) is 9.18 Å². The highest BCUT2D eigenvalue weighted by Crippen LogP contribution is 2.27. The van der Waals surface area contributed by atoms with Crippen LogP contribution in [-0.4, -0.2) is 32.2 Å². The smallest absolute Gasteiger partial charge is 0.321 e. The SMILES string of the molecule is CCCCCCCNC(=O)N(C)c1cccc(-c2ccc(CCC(=O)OCC)cc2F)c1. The van der Waals surface area contributed by atoms with Crippen molar-refractivity contribution in [3.05, 3.63) is 53.8 Å². The van der Waals surface area contributed by atoms with Gasteiger partial charge in [-0.1, -0.05) is 56.9 Å². The maximum atomic E-state index is 14.8. The van der Waals surface area contributed by atoms with Crippen LogP contribution in [0.5, 0.6) is 0 Å². The summed E-state index contributed by atoms with van der Waals surface area (Å²) in [5.41, 5.74) is 2.58. The fourth-order valence-electron chi connectivity index (χ4n) is 3.47. The Hall–Kier alpha value is -2.89. The highest BCUT2D eigenvalue weighted by molar-refractivity contribution is 5.92. The van der Waals surface area contributed by atoms with E-state index in [0.717, 1.165) is 18.4 Å². The van der Waals surface area contributed by atoms with Crippen LogP contribution < -0.4 is 10.2 Å². The molecule has 0 unspecified atom stereocenters. The molecule has 5 nitrogen and oxygen atoms in total. The summed E-state index contributed by atoms with van der Waals surface area (Å²) in [6.45, 7) is 4.93. The van der Waals surface area contributed by atoms with Crippen molar-refractivity contribution >= 4 is 17.7 Å². The van der Waals surface area contributed by atoms with Gasteiger partial charge in [-0.05, 0) is 49.1 Å². The van der Waals surface area contributed by atoms with Crippen molar-refractivity contribution in [2.24, 2.45) is 0 Å². The molecule has 0 aliphatic carbocycles. The fourth-order valence-corrected chi connectivity index (χ4v) is 3.47. The van der Waals surface area contributed by atoms with Crippen molar-refractivity contribution < 1.29 is 18.7 Å². The van der Waals surface area contributed by atoms with Gasteiger partial charge in [-0.2, -0.15) is 0 Å². The number of ether oxygens (including phenoxy) is 1. The Morgan fingerprint density at radius 1 is 1.03 bits per heavy atom. The number of unbranched alkanes of at least 4 members (excludes halogenated alkanes) is 4. The molecular weight excluding hydrogens is 407 g/mol. The van der Waals surface area contributed by atoms with Crippen LogP contribution in [0.15, 0.2) is 42.5 Å². The summed E-state index contributed by atoms with van der Waals surface area (Å²) in [6.07, 6.45) is 6.34. The minimum atomic E-state index is -0.359. The van der Waals surface area contributed by atoms with Gasteiger partial charge in [0.2, 0.25) is 0 Å². The largest absolute Gasteiger partial charge is 0.466 e. The molecule has 0 spiro atoms. The van der Waals surface area contributed by atoms with E-state index < -0.39 is 0 Å². The number of aryl methyl sites for hydroxylation is 1. The summed E-state index contributed by atoms with van der Waals surface area (Å²) in [6, 6.07) is 12.1. The van der Waals surface area contributed by atoms with Gasteiger partial charge in [0.05, 0.1) is 6.61 Å². The Labute approximate surface area is 191 Å². The number of nitrogens with zero attached hydrogens (tertiary/aromatic N) is 1. The Balaban J connectivity index is 1.99. The number of nitrogens with one attached hydrogen (secondary N) is 1. The molecule has 2 amide bonds. The van der Waals surface area contributed by atoms with Crippen molar-refractivity contribution in [3.8, 4) is 11.1 Å². The molecule has 2 aromatic carbocycles. The van der Waals surface area contributed by atoms with Crippen LogP contribution in [0.2, 0.25) is 0 Å². The quantitative estimate of drug-likeness (QED) is 0.319. The van der Waals surface area contributed by atoms with E-state index in [1.54, 1.807) is 31.0 Å². The molecule has 0 aliphatic heterocycles. The summed E-state index contributed by atoms with van der Waals surface area (Å²) in [5, 5.41) is 2.94. The minimum absolute atomic E-state index is 0.174. The Morgan fingerprint density at radius 2 is 1.81 bits per heavy atom. The number of amides is 2. The average Bonchev–Trinajstić information content (AvgIpc) is 2.79. The van der Waals surface area contributed by atoms with Crippen molar-refractivity contribution in [2.75, 3.05) is 25.1 Å². The zero-order chi connectivity index (χ0) is 23.3. The number of halogens is 1. The van der Waals surface area contributed by atoms with Crippen molar-refractivity contribution in [1.82, 2.24) is 5.32 Å². The molecule has 174 valence electrons. The predicted octanol–water partition coefficient (Wildman–Crippen LogP) is 6.10. The zero-order valence-electron chi connectivity index (χ0n) is 19.5. The van der Waals surface area contributed by atoms with Gasteiger partial charge in [0.1, 0.15) is 5.82 Å². The molecule has 0 fully saturated rings. The summed E-state index contributed by atoms with van der Waals surface area (Å²) >= 11 is 0. The third-order valence-corrected chi connectivity index (χ3v) is 5.36. The van der Waals surface area contributed by atoms with Crippen LogP contribution >= 0.6 is 0 Å². The lowest BCUT2D eigenvalue weighted by molar-refractivity contribution is -0.143. The number of hydrogen-bond acceptors (Lipinski definition) is 3. The summed E-state index contributed by atoms with van der Waals surface area (Å²) in [7, 11) is 1.71. The molecule has 0 aliphatic rings. The van der Waals surface area contributed by atoms with Crippen LogP contribution in [-0.2, 0) is 16.0 Å². The van der Waals surface area contributed by atoms with Gasteiger partial charge in [-0.15, -0.1) is 0 Å². The lowest BCUT2D eigenvalue weighted by Gasteiger charge is -2.19. The summed E-state index contributed by atoms with van der Waals surface area (Å²) < 4.78 is 19.7. The van der Waals surface area contributed by atoms with E-state index in [2.05, 4.69) is 12.2 Å². The molecule has 2 rings (SSSR count). The number of rotatable bonds is 12. The molecule has 0 heterocycles. The van der Waals surface area contributed by atoms with Gasteiger partial charge in [0.15, 0.2) is 0 Å². The number of anilines is 1. The molecular formula is C26H35FN2O3. The van der Waals surface area contributed by atoms with Gasteiger partial charge in [-0.3, -0.25) is 9.69 Å². The summed E-state index contributed by atoms with van der Waals surface area (Å²) in [5.74, 6) is -0.644. The molecule has 0 aromatic heterocycles. The molecule has 0 bridgehead atoms. The highest BCUT2D eigenvalue weighted by atomic mass is 19.1. The molecule has 32 heavy (non-hydrogen) atoms. The molecule has 0 saturated carbocycles. The molecule has 0 atom stereocenters. The maximum Gasteiger partial charge on any atom is 0.321 e. The van der Waals surface area contributed by atoms with Crippen LogP contribution in [0.25, 0.3) is 11.1 Å². The third kappa shape index (κ3) is 7.98. The lowest BCUT2D eigenvalue weighted by atomic mass is 10.0. The molecule has 0 saturated heterocycles. The lowest BCUT2D eigenvalue weighted by Crippen LogP contribution is -2.37. The average molecular weight is 443 g/mol. The van der Waals surface area contributed by atoms with Crippen LogP contribution in [0.1, 0.15) is 57.9 Å². The van der Waals surface area contributed by atoms with Crippen LogP contribution in [0, 0.1) is 5.82 Å². The second-order valence-corrected chi connectivity index (χ2v) is 7.87. The van der Waals surface area contributed by atoms with Crippen molar-refractivity contribution in [3.63, 3.8) is 0 Å². The van der Waals surface area contributed by atoms with E-state index in [-0.39, 0.29) is 24.2 Å². The van der Waals surface area contributed by atoms with Crippen LogP contribution in [0.4, 0.5) is 14.9 Å². The van der Waals surface area contributed by atoms with E-state index in [4.69, 9.17) is 4.74 Å². The highest BCUT2D eigenvalue weighted by Gasteiger charge is 2.13. The summed E-state index contributed by atoms with van der Waals surface area (Å²) in [4.78, 5) is 25.5. The standard InChI is InChI=1S/C26H35FN2O3/c1-4-6-7-8-9-17-28-26(31)29(3)22-12-10-11-21(19-22)23-15-13-20(18-24(23)27)14-16-25(30)32-5-2/h10-13,15,18-19H,4-9,14,16-17H2,1-3H3,(H,28,31). The number of urea groups is 1. The van der Waals surface area contributed by atoms with Gasteiger partial charge >= 0.3 is 12.0 Å². The van der Waals surface area contributed by atoms with Gasteiger partial charge in [0, 0.05) is 31.3 Å². The predicted molar refractivity (Wildman–Crippen MR) is 127 cm³/mol. The fraction of sp³-hybridized carbons (Fsp3) is 0.462. The van der Waals surface area contributed by atoms with Gasteiger partial charge in [0.25, 0.3) is 0 Å². The number of carbonyl (C=O) groups excluding carboxylic acids is 2. The van der Waals surface area contributed by atoms with Crippen molar-refractivity contribution in [1.29, 1.82) is 0 Å². The second kappa shape index (κ2) is 13.5. The first-order valence-electron chi connectivity index (χ1n) is 11.5. The first kappa shape index (κ1) is 25.4. The minimum Gasteiger partial charge on any atom is -0.466 e. The van der Waals surface area contributed by atoms with E-state index in [9.17, 15) is 14.0 Å². The monoisotopic (exact) mass is 442 g/mol. The second-order valence-electron chi connectivity index (χ2n) is 7.87. The van der Waals surface area contributed by atoms with Crippen molar-refractivity contribution in [2.45, 2.75) is 58.8 Å². The molecule has 2 aromatic rings. The topological polar surface area (TPSA) is 58.6 Å². The number of esters is 1. The molecule has 1 N–H and O–H groups in total. The third-order valence-electron chi connectivity index (χ3n) is 5.36. The zero-order valence-corrected chi connectivity index (χ0v) is 19.5. The van der Waals surface area contributed by atoms with E-state index >= 15 is 0 Å². The molecule has 6 heteroatoms. The normalized spacial score (nSPS) is 10.6.